The van der Waals surface area contributed by atoms with Gasteiger partial charge < -0.3 is 29.5 Å². The molecule has 12 nitrogen and oxygen atoms in total. The first-order valence-corrected chi connectivity index (χ1v) is 13.4. The summed E-state index contributed by atoms with van der Waals surface area (Å²) >= 11 is 0. The number of nitro groups is 1. The highest BCUT2D eigenvalue weighted by molar-refractivity contribution is 5.95. The molecule has 0 spiro atoms. The van der Waals surface area contributed by atoms with E-state index in [9.17, 15) is 14.9 Å². The average Bonchev–Trinajstić information content (AvgIpc) is 3.29. The number of nitro benzene ring substituents is 1. The standard InChI is InChI=1S/C29H31N7O5/c1-33(10-11-34(2)28(37)38)24-13-26(41-3)22(12-25(24)36(39)40)32-27-30-9-8-21(31-27)20-17-35(29-14-18(15-29)16-29)23-7-5-4-6-19(20)23/h4-9,12-13,17-18H,10-11,14-16H2,1-3H3,(H,37,38)(H,30,31,32). The number of fused-ring (bicyclic) bond motifs is 1. The van der Waals surface area contributed by atoms with Crippen LogP contribution in [0.1, 0.15) is 19.3 Å². The quantitative estimate of drug-likeness (QED) is 0.196. The van der Waals surface area contributed by atoms with Gasteiger partial charge >= 0.3 is 6.09 Å². The molecule has 3 aliphatic rings. The van der Waals surface area contributed by atoms with Gasteiger partial charge in [0.1, 0.15) is 11.4 Å². The Kier molecular flexibility index (Phi) is 6.40. The van der Waals surface area contributed by atoms with E-state index in [2.05, 4.69) is 39.3 Å². The minimum atomic E-state index is -1.07. The van der Waals surface area contributed by atoms with Crippen LogP contribution in [-0.2, 0) is 5.54 Å². The number of aromatic nitrogens is 3. The number of rotatable bonds is 10. The summed E-state index contributed by atoms with van der Waals surface area (Å²) in [5.41, 5.74) is 3.65. The zero-order chi connectivity index (χ0) is 28.9. The molecule has 0 saturated heterocycles. The van der Waals surface area contributed by atoms with Gasteiger partial charge in [0.2, 0.25) is 5.95 Å². The van der Waals surface area contributed by atoms with Crippen LogP contribution in [0.5, 0.6) is 5.75 Å². The maximum atomic E-state index is 12.0. The molecule has 3 fully saturated rings. The predicted octanol–water partition coefficient (Wildman–Crippen LogP) is 5.31. The Labute approximate surface area is 236 Å². The number of hydrogen-bond donors (Lipinski definition) is 2. The van der Waals surface area contributed by atoms with Crippen LogP contribution in [0, 0.1) is 16.0 Å². The van der Waals surface area contributed by atoms with Gasteiger partial charge in [-0.15, -0.1) is 0 Å². The number of amides is 1. The first-order valence-electron chi connectivity index (χ1n) is 13.4. The van der Waals surface area contributed by atoms with Crippen LogP contribution in [0.15, 0.2) is 54.9 Å². The lowest BCUT2D eigenvalue weighted by atomic mass is 9.49. The number of ether oxygens (including phenoxy) is 1. The Bertz CT molecular complexity index is 1650. The Morgan fingerprint density at radius 1 is 1.22 bits per heavy atom. The highest BCUT2D eigenvalue weighted by Gasteiger charge is 2.58. The lowest BCUT2D eigenvalue weighted by molar-refractivity contribution is -0.384. The number of hydrogen-bond acceptors (Lipinski definition) is 8. The van der Waals surface area contributed by atoms with Crippen LogP contribution >= 0.6 is 0 Å². The summed E-state index contributed by atoms with van der Waals surface area (Å²) in [5.74, 6) is 1.49. The molecule has 4 aromatic rings. The van der Waals surface area contributed by atoms with Crippen molar-refractivity contribution in [2.24, 2.45) is 5.92 Å². The van der Waals surface area contributed by atoms with Gasteiger partial charge in [0.05, 0.1) is 23.4 Å². The summed E-state index contributed by atoms with van der Waals surface area (Å²) in [7, 11) is 4.59. The molecule has 2 N–H and O–H groups in total. The molecule has 2 heterocycles. The van der Waals surface area contributed by atoms with Gasteiger partial charge in [0.25, 0.3) is 5.69 Å². The minimum absolute atomic E-state index is 0.161. The molecule has 2 aromatic heterocycles. The Morgan fingerprint density at radius 2 is 1.98 bits per heavy atom. The third kappa shape index (κ3) is 4.54. The van der Waals surface area contributed by atoms with Crippen molar-refractivity contribution >= 4 is 40.0 Å². The van der Waals surface area contributed by atoms with Gasteiger partial charge in [0.15, 0.2) is 0 Å². The van der Waals surface area contributed by atoms with Gasteiger partial charge in [-0.05, 0) is 37.3 Å². The van der Waals surface area contributed by atoms with Crippen LogP contribution in [0.25, 0.3) is 22.2 Å². The second-order valence-corrected chi connectivity index (χ2v) is 10.9. The van der Waals surface area contributed by atoms with Crippen molar-refractivity contribution in [2.75, 3.05) is 44.5 Å². The number of para-hydroxylation sites is 1. The van der Waals surface area contributed by atoms with Crippen LogP contribution in [0.2, 0.25) is 0 Å². The normalized spacial score (nSPS) is 18.8. The number of nitrogens with one attached hydrogen (secondary N) is 1. The van der Waals surface area contributed by atoms with Crippen molar-refractivity contribution in [3.63, 3.8) is 0 Å². The number of methoxy groups -OCH3 is 1. The third-order valence-electron chi connectivity index (χ3n) is 8.41. The van der Waals surface area contributed by atoms with E-state index in [0.29, 0.717) is 17.1 Å². The maximum absolute atomic E-state index is 12.0. The molecule has 7 rings (SSSR count). The largest absolute Gasteiger partial charge is 0.494 e. The molecule has 3 aliphatic carbocycles. The minimum Gasteiger partial charge on any atom is -0.494 e. The predicted molar refractivity (Wildman–Crippen MR) is 155 cm³/mol. The average molecular weight is 558 g/mol. The van der Waals surface area contributed by atoms with Crippen LogP contribution in [0.4, 0.5) is 27.8 Å². The summed E-state index contributed by atoms with van der Waals surface area (Å²) in [5, 5.41) is 25.4. The summed E-state index contributed by atoms with van der Waals surface area (Å²) in [6, 6.07) is 13.2. The van der Waals surface area contributed by atoms with Crippen LogP contribution in [0.3, 0.4) is 0 Å². The van der Waals surface area contributed by atoms with E-state index in [4.69, 9.17) is 14.8 Å². The first kappa shape index (κ1) is 26.4. The van der Waals surface area contributed by atoms with Crippen molar-refractivity contribution in [3.8, 4) is 17.0 Å². The van der Waals surface area contributed by atoms with Crippen LogP contribution < -0.4 is 15.0 Å². The summed E-state index contributed by atoms with van der Waals surface area (Å²) in [4.78, 5) is 34.6. The number of carboxylic acid groups (broad SMARTS) is 1. The van der Waals surface area contributed by atoms with Gasteiger partial charge in [0, 0.05) is 73.7 Å². The fourth-order valence-corrected chi connectivity index (χ4v) is 5.99. The summed E-state index contributed by atoms with van der Waals surface area (Å²) < 4.78 is 7.99. The third-order valence-corrected chi connectivity index (χ3v) is 8.41. The molecule has 0 atom stereocenters. The molecule has 2 aromatic carbocycles. The zero-order valence-corrected chi connectivity index (χ0v) is 23.1. The molecule has 0 unspecified atom stereocenters. The maximum Gasteiger partial charge on any atom is 0.407 e. The first-order chi connectivity index (χ1) is 19.7. The zero-order valence-electron chi connectivity index (χ0n) is 23.1. The van der Waals surface area contributed by atoms with E-state index in [-0.39, 0.29) is 30.3 Å². The van der Waals surface area contributed by atoms with Crippen molar-refractivity contribution < 1.29 is 19.6 Å². The molecule has 1 amide bonds. The molecule has 0 aliphatic heterocycles. The van der Waals surface area contributed by atoms with Gasteiger partial charge in [-0.25, -0.2) is 14.8 Å². The van der Waals surface area contributed by atoms with E-state index in [0.717, 1.165) is 27.5 Å². The van der Waals surface area contributed by atoms with Crippen molar-refractivity contribution in [2.45, 2.75) is 24.8 Å². The van der Waals surface area contributed by atoms with E-state index >= 15 is 0 Å². The second kappa shape index (κ2) is 9.95. The van der Waals surface area contributed by atoms with Crippen molar-refractivity contribution in [1.82, 2.24) is 19.4 Å². The van der Waals surface area contributed by atoms with E-state index in [1.807, 2.05) is 12.1 Å². The molecule has 3 saturated carbocycles. The fourth-order valence-electron chi connectivity index (χ4n) is 5.99. The fraction of sp³-hybridized carbons (Fsp3) is 0.345. The van der Waals surface area contributed by atoms with Gasteiger partial charge in [-0.2, -0.15) is 0 Å². The SMILES string of the molecule is COc1cc(N(C)CCN(C)C(=O)O)c([N+](=O)[O-])cc1Nc1nccc(-c2cn(C34CC(C3)C4)c3ccccc23)n1. The lowest BCUT2D eigenvalue weighted by Crippen LogP contribution is -2.58. The van der Waals surface area contributed by atoms with Gasteiger partial charge in [-0.1, -0.05) is 18.2 Å². The number of nitrogens with zero attached hydrogens (tertiary/aromatic N) is 6. The number of likely N-dealkylation sites (N-methyl/N-ethyl adjacent to an activating group) is 2. The van der Waals surface area contributed by atoms with Gasteiger partial charge in [-0.3, -0.25) is 10.1 Å². The topological polar surface area (TPSA) is 139 Å². The molecular formula is C29H31N7O5. The summed E-state index contributed by atoms with van der Waals surface area (Å²) in [6.07, 6.45) is 6.46. The highest BCUT2D eigenvalue weighted by Crippen LogP contribution is 2.63. The molecule has 0 radical (unpaired) electrons. The van der Waals surface area contributed by atoms with E-state index in [1.54, 1.807) is 24.2 Å². The lowest BCUT2D eigenvalue weighted by Gasteiger charge is -2.62. The molecular weight excluding hydrogens is 526 g/mol. The number of anilines is 3. The number of carbonyl (C=O) groups is 1. The Balaban J connectivity index is 1.31. The van der Waals surface area contributed by atoms with Crippen molar-refractivity contribution in [1.29, 1.82) is 0 Å². The summed E-state index contributed by atoms with van der Waals surface area (Å²) in [6.45, 7) is 0.421. The molecule has 2 bridgehead atoms. The van der Waals surface area contributed by atoms with E-state index < -0.39 is 11.0 Å². The monoisotopic (exact) mass is 557 g/mol. The highest BCUT2D eigenvalue weighted by atomic mass is 16.6. The molecule has 41 heavy (non-hydrogen) atoms. The van der Waals surface area contributed by atoms with Crippen molar-refractivity contribution in [3.05, 3.63) is 65.0 Å². The Hall–Kier alpha value is -4.87. The smallest absolute Gasteiger partial charge is 0.407 e. The Morgan fingerprint density at radius 3 is 2.63 bits per heavy atom. The molecule has 12 heteroatoms. The second-order valence-electron chi connectivity index (χ2n) is 10.9. The van der Waals surface area contributed by atoms with Crippen LogP contribution in [-0.4, -0.2) is 69.9 Å². The molecule has 212 valence electrons. The number of benzene rings is 2. The van der Waals surface area contributed by atoms with E-state index in [1.165, 1.54) is 45.0 Å².